The first kappa shape index (κ1) is 7.40. The van der Waals surface area contributed by atoms with E-state index in [9.17, 15) is 0 Å². The van der Waals surface area contributed by atoms with Crippen LogP contribution in [0.1, 0.15) is 12.8 Å². The van der Waals surface area contributed by atoms with Crippen molar-refractivity contribution in [1.82, 2.24) is 4.98 Å². The molecule has 12 heavy (non-hydrogen) atoms. The molecule has 1 aliphatic carbocycles. The van der Waals surface area contributed by atoms with E-state index in [0.29, 0.717) is 11.4 Å². The van der Waals surface area contributed by atoms with Gasteiger partial charge >= 0.3 is 0 Å². The molecule has 2 N–H and O–H groups in total. The minimum Gasteiger partial charge on any atom is -0.490 e. The van der Waals surface area contributed by atoms with E-state index >= 15 is 0 Å². The Hall–Kier alpha value is -1.25. The second kappa shape index (κ2) is 3.01. The molecular formula is C9H12N2O. The van der Waals surface area contributed by atoms with Gasteiger partial charge in [0.1, 0.15) is 0 Å². The number of nitrogen functional groups attached to an aromatic ring is 1. The van der Waals surface area contributed by atoms with Crippen molar-refractivity contribution in [3.05, 3.63) is 18.5 Å². The average Bonchev–Trinajstić information content (AvgIpc) is 2.86. The van der Waals surface area contributed by atoms with Crippen LogP contribution in [0.15, 0.2) is 18.5 Å². The third kappa shape index (κ3) is 1.67. The molecule has 0 saturated heterocycles. The van der Waals surface area contributed by atoms with Gasteiger partial charge < -0.3 is 10.5 Å². The molecule has 0 bridgehead atoms. The van der Waals surface area contributed by atoms with Gasteiger partial charge in [-0.15, -0.1) is 0 Å². The zero-order chi connectivity index (χ0) is 8.39. The average molecular weight is 164 g/mol. The highest BCUT2D eigenvalue weighted by Gasteiger charge is 2.22. The second-order valence-electron chi connectivity index (χ2n) is 3.17. The van der Waals surface area contributed by atoms with Crippen molar-refractivity contribution in [2.24, 2.45) is 5.92 Å². The molecule has 64 valence electrons. The molecule has 0 aliphatic heterocycles. The van der Waals surface area contributed by atoms with Crippen LogP contribution in [0.5, 0.6) is 5.75 Å². The van der Waals surface area contributed by atoms with Gasteiger partial charge in [-0.2, -0.15) is 0 Å². The summed E-state index contributed by atoms with van der Waals surface area (Å²) in [6.45, 7) is 0.788. The number of hydrogen-bond donors (Lipinski definition) is 1. The number of aromatic nitrogens is 1. The topological polar surface area (TPSA) is 48.1 Å². The predicted molar refractivity (Wildman–Crippen MR) is 46.9 cm³/mol. The van der Waals surface area contributed by atoms with Crippen LogP contribution in [0.4, 0.5) is 5.69 Å². The SMILES string of the molecule is Nc1ccncc1OCC1CC1. The lowest BCUT2D eigenvalue weighted by atomic mass is 10.4. The lowest BCUT2D eigenvalue weighted by Gasteiger charge is -2.06. The van der Waals surface area contributed by atoms with Crippen molar-refractivity contribution in [3.63, 3.8) is 0 Å². The van der Waals surface area contributed by atoms with Crippen LogP contribution in [0.25, 0.3) is 0 Å². The number of nitrogens with zero attached hydrogens (tertiary/aromatic N) is 1. The Morgan fingerprint density at radius 2 is 2.42 bits per heavy atom. The third-order valence-corrected chi connectivity index (χ3v) is 1.99. The molecule has 1 aliphatic rings. The number of anilines is 1. The van der Waals surface area contributed by atoms with Crippen LogP contribution in [-0.2, 0) is 0 Å². The van der Waals surface area contributed by atoms with E-state index < -0.39 is 0 Å². The number of ether oxygens (including phenoxy) is 1. The van der Waals surface area contributed by atoms with Gasteiger partial charge in [-0.25, -0.2) is 0 Å². The molecule has 0 spiro atoms. The largest absolute Gasteiger partial charge is 0.490 e. The fourth-order valence-corrected chi connectivity index (χ4v) is 1.00. The maximum atomic E-state index is 5.66. The van der Waals surface area contributed by atoms with Crippen molar-refractivity contribution < 1.29 is 4.74 Å². The summed E-state index contributed by atoms with van der Waals surface area (Å²) in [4.78, 5) is 3.94. The summed E-state index contributed by atoms with van der Waals surface area (Å²) >= 11 is 0. The molecule has 0 unspecified atom stereocenters. The molecule has 3 heteroatoms. The normalized spacial score (nSPS) is 16.0. The minimum atomic E-state index is 0.672. The summed E-state index contributed by atoms with van der Waals surface area (Å²) in [5.74, 6) is 1.47. The summed E-state index contributed by atoms with van der Waals surface area (Å²) in [6.07, 6.45) is 5.91. The standard InChI is InChI=1S/C9H12N2O/c10-8-3-4-11-5-9(8)12-6-7-1-2-7/h3-5,7H,1-2,6H2,(H2,10,11). The van der Waals surface area contributed by atoms with Gasteiger partial charge in [0.25, 0.3) is 0 Å². The summed E-state index contributed by atoms with van der Waals surface area (Å²) in [5, 5.41) is 0. The van der Waals surface area contributed by atoms with Gasteiger partial charge in [0.2, 0.25) is 0 Å². The highest BCUT2D eigenvalue weighted by molar-refractivity contribution is 5.49. The molecule has 1 aromatic heterocycles. The predicted octanol–water partition coefficient (Wildman–Crippen LogP) is 1.45. The fraction of sp³-hybridized carbons (Fsp3) is 0.444. The number of rotatable bonds is 3. The van der Waals surface area contributed by atoms with Crippen LogP contribution in [-0.4, -0.2) is 11.6 Å². The van der Waals surface area contributed by atoms with Gasteiger partial charge in [0, 0.05) is 6.20 Å². The van der Waals surface area contributed by atoms with E-state index in [0.717, 1.165) is 12.5 Å². The lowest BCUT2D eigenvalue weighted by Crippen LogP contribution is -2.01. The first-order chi connectivity index (χ1) is 5.86. The van der Waals surface area contributed by atoms with Crippen molar-refractivity contribution in [3.8, 4) is 5.75 Å². The second-order valence-corrected chi connectivity index (χ2v) is 3.17. The van der Waals surface area contributed by atoms with E-state index in [4.69, 9.17) is 10.5 Å². The summed E-state index contributed by atoms with van der Waals surface area (Å²) in [7, 11) is 0. The Balaban J connectivity index is 1.96. The molecule has 1 aromatic rings. The summed E-state index contributed by atoms with van der Waals surface area (Å²) in [5.41, 5.74) is 6.33. The summed E-state index contributed by atoms with van der Waals surface area (Å²) in [6, 6.07) is 1.75. The number of nitrogens with two attached hydrogens (primary N) is 1. The molecule has 1 saturated carbocycles. The number of pyridine rings is 1. The first-order valence-electron chi connectivity index (χ1n) is 4.18. The zero-order valence-electron chi connectivity index (χ0n) is 6.86. The van der Waals surface area contributed by atoms with Crippen molar-refractivity contribution in [1.29, 1.82) is 0 Å². The summed E-state index contributed by atoms with van der Waals surface area (Å²) < 4.78 is 5.47. The van der Waals surface area contributed by atoms with E-state index in [-0.39, 0.29) is 0 Å². The Kier molecular flexibility index (Phi) is 1.86. The minimum absolute atomic E-state index is 0.672. The maximum absolute atomic E-state index is 5.66. The van der Waals surface area contributed by atoms with Crippen LogP contribution in [0, 0.1) is 5.92 Å². The van der Waals surface area contributed by atoms with E-state index in [1.807, 2.05) is 0 Å². The molecule has 2 rings (SSSR count). The Labute approximate surface area is 71.6 Å². The van der Waals surface area contributed by atoms with Crippen LogP contribution >= 0.6 is 0 Å². The van der Waals surface area contributed by atoms with Gasteiger partial charge in [-0.1, -0.05) is 0 Å². The Morgan fingerprint density at radius 1 is 1.58 bits per heavy atom. The highest BCUT2D eigenvalue weighted by atomic mass is 16.5. The first-order valence-corrected chi connectivity index (χ1v) is 4.18. The molecule has 0 radical (unpaired) electrons. The lowest BCUT2D eigenvalue weighted by molar-refractivity contribution is 0.300. The molecule has 3 nitrogen and oxygen atoms in total. The van der Waals surface area contributed by atoms with Crippen molar-refractivity contribution >= 4 is 5.69 Å². The van der Waals surface area contributed by atoms with Crippen molar-refractivity contribution in [2.75, 3.05) is 12.3 Å². The van der Waals surface area contributed by atoms with Crippen LogP contribution < -0.4 is 10.5 Å². The third-order valence-electron chi connectivity index (χ3n) is 1.99. The van der Waals surface area contributed by atoms with Crippen LogP contribution in [0.3, 0.4) is 0 Å². The van der Waals surface area contributed by atoms with E-state index in [2.05, 4.69) is 4.98 Å². The number of hydrogen-bond acceptors (Lipinski definition) is 3. The zero-order valence-corrected chi connectivity index (χ0v) is 6.86. The molecule has 0 atom stereocenters. The molecule has 1 fully saturated rings. The maximum Gasteiger partial charge on any atom is 0.160 e. The van der Waals surface area contributed by atoms with Gasteiger partial charge in [0.15, 0.2) is 5.75 Å². The monoisotopic (exact) mass is 164 g/mol. The van der Waals surface area contributed by atoms with Crippen LogP contribution in [0.2, 0.25) is 0 Å². The Morgan fingerprint density at radius 3 is 3.08 bits per heavy atom. The van der Waals surface area contributed by atoms with Gasteiger partial charge in [-0.3, -0.25) is 4.98 Å². The fourth-order valence-electron chi connectivity index (χ4n) is 1.00. The Bertz CT molecular complexity index is 271. The van der Waals surface area contributed by atoms with Gasteiger partial charge in [0.05, 0.1) is 18.5 Å². The van der Waals surface area contributed by atoms with Crippen molar-refractivity contribution in [2.45, 2.75) is 12.8 Å². The highest BCUT2D eigenvalue weighted by Crippen LogP contribution is 2.30. The molecular weight excluding hydrogens is 152 g/mol. The van der Waals surface area contributed by atoms with E-state index in [1.165, 1.54) is 12.8 Å². The smallest absolute Gasteiger partial charge is 0.160 e. The van der Waals surface area contributed by atoms with E-state index in [1.54, 1.807) is 18.5 Å². The van der Waals surface area contributed by atoms with Gasteiger partial charge in [-0.05, 0) is 24.8 Å². The molecule has 0 amide bonds. The quantitative estimate of drug-likeness (QED) is 0.735. The molecule has 0 aromatic carbocycles. The molecule has 1 heterocycles.